The molecule has 1 aromatic carbocycles. The largest absolute Gasteiger partial charge is 0.354 e. The summed E-state index contributed by atoms with van der Waals surface area (Å²) in [4.78, 5) is 26.8. The molecule has 0 saturated carbocycles. The van der Waals surface area contributed by atoms with Gasteiger partial charge in [0.25, 0.3) is 0 Å². The van der Waals surface area contributed by atoms with Crippen molar-refractivity contribution in [1.82, 2.24) is 20.0 Å². The number of nitrogens with zero attached hydrogens (tertiary/aromatic N) is 3. The van der Waals surface area contributed by atoms with Crippen LogP contribution in [0, 0.1) is 0 Å². The standard InChI is InChI=1S/C23H29ClN4O2/c24-15-21(29)25-17-23(19-6-2-1-3-7-19)9-12-27(13-10-23)22(30)14-18-16-26-28-11-5-4-8-20(18)28/h1-3,6-7,16H,4-5,8-15,17H2,(H,25,29). The first-order valence-corrected chi connectivity index (χ1v) is 11.3. The van der Waals surface area contributed by atoms with Crippen LogP contribution in [0.5, 0.6) is 0 Å². The number of aromatic nitrogens is 2. The average molecular weight is 429 g/mol. The topological polar surface area (TPSA) is 67.2 Å². The Morgan fingerprint density at radius 1 is 1.10 bits per heavy atom. The Morgan fingerprint density at radius 3 is 2.60 bits per heavy atom. The third-order valence-corrected chi connectivity index (χ3v) is 6.86. The maximum absolute atomic E-state index is 13.0. The van der Waals surface area contributed by atoms with Crippen molar-refractivity contribution in [3.05, 3.63) is 53.3 Å². The van der Waals surface area contributed by atoms with E-state index in [1.54, 1.807) is 0 Å². The number of fused-ring (bicyclic) bond motifs is 1. The van der Waals surface area contributed by atoms with Gasteiger partial charge in [0.2, 0.25) is 11.8 Å². The molecule has 7 heteroatoms. The fourth-order valence-corrected chi connectivity index (χ4v) is 4.86. The van der Waals surface area contributed by atoms with E-state index in [1.807, 2.05) is 29.3 Å². The van der Waals surface area contributed by atoms with Crippen molar-refractivity contribution in [2.45, 2.75) is 50.5 Å². The van der Waals surface area contributed by atoms with Gasteiger partial charge in [0.1, 0.15) is 5.88 Å². The molecule has 1 fully saturated rings. The molecule has 0 aliphatic carbocycles. The lowest BCUT2D eigenvalue weighted by molar-refractivity contribution is -0.132. The minimum Gasteiger partial charge on any atom is -0.354 e. The van der Waals surface area contributed by atoms with Gasteiger partial charge in [-0.05, 0) is 37.7 Å². The zero-order valence-electron chi connectivity index (χ0n) is 17.3. The Hall–Kier alpha value is -2.34. The third kappa shape index (κ3) is 4.38. The van der Waals surface area contributed by atoms with Crippen LogP contribution in [0.3, 0.4) is 0 Å². The fraction of sp³-hybridized carbons (Fsp3) is 0.522. The van der Waals surface area contributed by atoms with Crippen LogP contribution in [0.25, 0.3) is 0 Å². The molecule has 30 heavy (non-hydrogen) atoms. The SMILES string of the molecule is O=C(CCl)NCC1(c2ccccc2)CCN(C(=O)Cc2cnn3c2CCCC3)CC1. The summed E-state index contributed by atoms with van der Waals surface area (Å²) in [6, 6.07) is 10.3. The molecule has 0 bridgehead atoms. The number of amides is 2. The van der Waals surface area contributed by atoms with Gasteiger partial charge in [-0.15, -0.1) is 11.6 Å². The lowest BCUT2D eigenvalue weighted by Crippen LogP contribution is -2.50. The molecule has 6 nitrogen and oxygen atoms in total. The lowest BCUT2D eigenvalue weighted by Gasteiger charge is -2.42. The van der Waals surface area contributed by atoms with Crippen molar-refractivity contribution in [1.29, 1.82) is 0 Å². The molecular weight excluding hydrogens is 400 g/mol. The van der Waals surface area contributed by atoms with Crippen molar-refractivity contribution in [2.24, 2.45) is 0 Å². The van der Waals surface area contributed by atoms with E-state index in [-0.39, 0.29) is 23.1 Å². The fourth-order valence-electron chi connectivity index (χ4n) is 4.77. The summed E-state index contributed by atoms with van der Waals surface area (Å²) in [6.45, 7) is 2.88. The van der Waals surface area contributed by atoms with Gasteiger partial charge >= 0.3 is 0 Å². The predicted octanol–water partition coefficient (Wildman–Crippen LogP) is 2.68. The van der Waals surface area contributed by atoms with Gasteiger partial charge in [0.05, 0.1) is 12.6 Å². The van der Waals surface area contributed by atoms with Crippen LogP contribution in [0.2, 0.25) is 0 Å². The molecule has 4 rings (SSSR count). The summed E-state index contributed by atoms with van der Waals surface area (Å²) in [6.07, 6.45) is 7.28. The number of alkyl halides is 1. The van der Waals surface area contributed by atoms with Gasteiger partial charge in [-0.3, -0.25) is 14.3 Å². The number of benzene rings is 1. The van der Waals surface area contributed by atoms with Crippen LogP contribution < -0.4 is 5.32 Å². The maximum Gasteiger partial charge on any atom is 0.234 e. The van der Waals surface area contributed by atoms with Crippen LogP contribution in [0.4, 0.5) is 0 Å². The van der Waals surface area contributed by atoms with Crippen LogP contribution >= 0.6 is 11.6 Å². The minimum atomic E-state index is -0.170. The number of nitrogens with one attached hydrogen (secondary N) is 1. The molecule has 2 aliphatic heterocycles. The van der Waals surface area contributed by atoms with Gasteiger partial charge < -0.3 is 10.2 Å². The highest BCUT2D eigenvalue weighted by molar-refractivity contribution is 6.27. The zero-order valence-corrected chi connectivity index (χ0v) is 18.0. The Bertz CT molecular complexity index is 888. The number of halogens is 1. The van der Waals surface area contributed by atoms with Gasteiger partial charge in [-0.1, -0.05) is 30.3 Å². The van der Waals surface area contributed by atoms with Crippen molar-refractivity contribution >= 4 is 23.4 Å². The Labute approximate surface area is 182 Å². The van der Waals surface area contributed by atoms with E-state index in [0.29, 0.717) is 26.1 Å². The molecule has 0 spiro atoms. The second-order valence-electron chi connectivity index (χ2n) is 8.41. The van der Waals surface area contributed by atoms with E-state index in [1.165, 1.54) is 17.7 Å². The van der Waals surface area contributed by atoms with Crippen LogP contribution in [-0.4, -0.2) is 52.0 Å². The van der Waals surface area contributed by atoms with E-state index in [0.717, 1.165) is 37.8 Å². The normalized spacial score (nSPS) is 18.0. The third-order valence-electron chi connectivity index (χ3n) is 6.62. The molecule has 1 saturated heterocycles. The number of likely N-dealkylation sites (tertiary alicyclic amines) is 1. The Balaban J connectivity index is 1.43. The molecule has 1 N–H and O–H groups in total. The number of hydrogen-bond acceptors (Lipinski definition) is 3. The molecule has 3 heterocycles. The van der Waals surface area contributed by atoms with Crippen LogP contribution in [0.1, 0.15) is 42.5 Å². The molecule has 0 unspecified atom stereocenters. The highest BCUT2D eigenvalue weighted by atomic mass is 35.5. The molecule has 2 amide bonds. The number of aryl methyl sites for hydroxylation is 1. The Kier molecular flexibility index (Phi) is 6.42. The second-order valence-corrected chi connectivity index (χ2v) is 8.68. The summed E-state index contributed by atoms with van der Waals surface area (Å²) in [5.74, 6) is -0.0230. The molecule has 0 atom stereocenters. The van der Waals surface area contributed by atoms with Crippen molar-refractivity contribution < 1.29 is 9.59 Å². The van der Waals surface area contributed by atoms with Crippen LogP contribution in [-0.2, 0) is 34.4 Å². The maximum atomic E-state index is 13.0. The first-order valence-electron chi connectivity index (χ1n) is 10.8. The number of piperidine rings is 1. The second kappa shape index (κ2) is 9.21. The van der Waals surface area contributed by atoms with E-state index >= 15 is 0 Å². The summed E-state index contributed by atoms with van der Waals surface area (Å²) >= 11 is 5.67. The highest BCUT2D eigenvalue weighted by Gasteiger charge is 2.37. The highest BCUT2D eigenvalue weighted by Crippen LogP contribution is 2.35. The number of hydrogen-bond donors (Lipinski definition) is 1. The smallest absolute Gasteiger partial charge is 0.234 e. The summed E-state index contributed by atoms with van der Waals surface area (Å²) in [5, 5.41) is 7.43. The van der Waals surface area contributed by atoms with E-state index in [2.05, 4.69) is 27.2 Å². The van der Waals surface area contributed by atoms with E-state index < -0.39 is 0 Å². The monoisotopic (exact) mass is 428 g/mol. The first-order chi connectivity index (χ1) is 14.6. The number of rotatable bonds is 6. The quantitative estimate of drug-likeness (QED) is 0.719. The average Bonchev–Trinajstić information content (AvgIpc) is 3.21. The summed E-state index contributed by atoms with van der Waals surface area (Å²) in [7, 11) is 0. The van der Waals surface area contributed by atoms with Crippen molar-refractivity contribution in [3.63, 3.8) is 0 Å². The van der Waals surface area contributed by atoms with E-state index in [4.69, 9.17) is 11.6 Å². The molecule has 160 valence electrons. The van der Waals surface area contributed by atoms with Crippen molar-refractivity contribution in [3.8, 4) is 0 Å². The van der Waals surface area contributed by atoms with Crippen LogP contribution in [0.15, 0.2) is 36.5 Å². The van der Waals surface area contributed by atoms with Gasteiger partial charge in [0, 0.05) is 42.9 Å². The van der Waals surface area contributed by atoms with E-state index in [9.17, 15) is 9.59 Å². The van der Waals surface area contributed by atoms with Gasteiger partial charge in [-0.2, -0.15) is 5.10 Å². The molecular formula is C23H29ClN4O2. The molecule has 0 radical (unpaired) electrons. The number of carbonyl (C=O) groups excluding carboxylic acids is 2. The van der Waals surface area contributed by atoms with Crippen molar-refractivity contribution in [2.75, 3.05) is 25.5 Å². The summed E-state index contributed by atoms with van der Waals surface area (Å²) < 4.78 is 2.06. The number of carbonyl (C=O) groups is 2. The van der Waals surface area contributed by atoms with Gasteiger partial charge in [-0.25, -0.2) is 0 Å². The molecule has 2 aromatic rings. The zero-order chi connectivity index (χ0) is 21.0. The Morgan fingerprint density at radius 2 is 1.87 bits per heavy atom. The summed E-state index contributed by atoms with van der Waals surface area (Å²) in [5.41, 5.74) is 3.34. The molecule has 2 aliphatic rings. The minimum absolute atomic E-state index is 0.0362. The lowest BCUT2D eigenvalue weighted by atomic mass is 9.72. The molecule has 1 aromatic heterocycles. The first kappa shape index (κ1) is 20.9. The predicted molar refractivity (Wildman–Crippen MR) is 117 cm³/mol. The van der Waals surface area contributed by atoms with Gasteiger partial charge in [0.15, 0.2) is 0 Å².